The lowest BCUT2D eigenvalue weighted by Gasteiger charge is -1.94. The van der Waals surface area contributed by atoms with Crippen LogP contribution < -0.4 is 5.73 Å². The first-order valence-electron chi connectivity index (χ1n) is 5.38. The molecule has 0 spiro atoms. The van der Waals surface area contributed by atoms with Crippen LogP contribution in [-0.4, -0.2) is 19.7 Å². The molecule has 0 aliphatic heterocycles. The third-order valence-electron chi connectivity index (χ3n) is 2.64. The lowest BCUT2D eigenvalue weighted by molar-refractivity contribution is 0.366. The fourth-order valence-corrected chi connectivity index (χ4v) is 1.59. The molecule has 1 saturated carbocycles. The number of aromatic nitrogens is 4. The number of rotatable bonds is 4. The van der Waals surface area contributed by atoms with E-state index in [0.717, 1.165) is 11.5 Å². The van der Waals surface area contributed by atoms with E-state index in [1.807, 2.05) is 10.8 Å². The summed E-state index contributed by atoms with van der Waals surface area (Å²) in [4.78, 5) is 8.48. The Hall–Kier alpha value is -1.69. The molecule has 0 saturated heterocycles. The highest BCUT2D eigenvalue weighted by Crippen LogP contribution is 2.38. The van der Waals surface area contributed by atoms with Crippen LogP contribution in [0.2, 0.25) is 0 Å². The van der Waals surface area contributed by atoms with Gasteiger partial charge in [-0.15, -0.1) is 0 Å². The second kappa shape index (κ2) is 3.71. The zero-order chi connectivity index (χ0) is 11.0. The fourth-order valence-electron chi connectivity index (χ4n) is 1.59. The zero-order valence-electron chi connectivity index (χ0n) is 8.83. The monoisotopic (exact) mass is 219 g/mol. The minimum Gasteiger partial charge on any atom is -0.337 e. The number of nitrogens with zero attached hydrogens (tertiary/aromatic N) is 4. The van der Waals surface area contributed by atoms with Gasteiger partial charge in [-0.2, -0.15) is 4.98 Å². The SMILES string of the molecule is NCc1cn(Cc2nc(C3CC3)no2)cn1. The lowest BCUT2D eigenvalue weighted by atomic mass is 10.4. The molecular formula is C10H13N5O. The van der Waals surface area contributed by atoms with E-state index in [1.165, 1.54) is 12.8 Å². The predicted octanol–water partition coefficient (Wildman–Crippen LogP) is 0.650. The Morgan fingerprint density at radius 3 is 3.06 bits per heavy atom. The van der Waals surface area contributed by atoms with Gasteiger partial charge in [0.25, 0.3) is 0 Å². The van der Waals surface area contributed by atoms with Crippen molar-refractivity contribution in [1.82, 2.24) is 19.7 Å². The van der Waals surface area contributed by atoms with Gasteiger partial charge in [-0.1, -0.05) is 5.16 Å². The summed E-state index contributed by atoms with van der Waals surface area (Å²) < 4.78 is 7.07. The quantitative estimate of drug-likeness (QED) is 0.816. The number of hydrogen-bond acceptors (Lipinski definition) is 5. The Morgan fingerprint density at radius 1 is 1.50 bits per heavy atom. The lowest BCUT2D eigenvalue weighted by Crippen LogP contribution is -1.98. The van der Waals surface area contributed by atoms with Gasteiger partial charge in [0.1, 0.15) is 6.54 Å². The van der Waals surface area contributed by atoms with E-state index in [-0.39, 0.29) is 0 Å². The number of imidazole rings is 1. The van der Waals surface area contributed by atoms with Crippen molar-refractivity contribution in [2.75, 3.05) is 0 Å². The van der Waals surface area contributed by atoms with Gasteiger partial charge in [0.15, 0.2) is 5.82 Å². The van der Waals surface area contributed by atoms with Crippen molar-refractivity contribution < 1.29 is 4.52 Å². The summed E-state index contributed by atoms with van der Waals surface area (Å²) in [6, 6.07) is 0. The van der Waals surface area contributed by atoms with Gasteiger partial charge in [0.2, 0.25) is 5.89 Å². The van der Waals surface area contributed by atoms with Crippen LogP contribution in [0, 0.1) is 0 Å². The average molecular weight is 219 g/mol. The van der Waals surface area contributed by atoms with E-state index in [0.29, 0.717) is 24.9 Å². The molecule has 2 heterocycles. The Bertz CT molecular complexity index is 485. The molecule has 1 fully saturated rings. The molecule has 84 valence electrons. The van der Waals surface area contributed by atoms with Crippen molar-refractivity contribution in [3.05, 3.63) is 29.9 Å². The van der Waals surface area contributed by atoms with E-state index in [4.69, 9.17) is 10.3 Å². The van der Waals surface area contributed by atoms with Crippen LogP contribution >= 0.6 is 0 Å². The predicted molar refractivity (Wildman–Crippen MR) is 55.5 cm³/mol. The molecule has 0 unspecified atom stereocenters. The van der Waals surface area contributed by atoms with Crippen molar-refractivity contribution in [3.63, 3.8) is 0 Å². The minimum atomic E-state index is 0.449. The fraction of sp³-hybridized carbons (Fsp3) is 0.500. The molecule has 2 aromatic heterocycles. The van der Waals surface area contributed by atoms with E-state index in [1.54, 1.807) is 6.33 Å². The summed E-state index contributed by atoms with van der Waals surface area (Å²) in [6.45, 7) is 1.01. The van der Waals surface area contributed by atoms with Crippen LogP contribution in [0.1, 0.15) is 36.2 Å². The maximum absolute atomic E-state index is 5.48. The van der Waals surface area contributed by atoms with E-state index < -0.39 is 0 Å². The molecule has 16 heavy (non-hydrogen) atoms. The Morgan fingerprint density at radius 2 is 2.38 bits per heavy atom. The molecular weight excluding hydrogens is 206 g/mol. The molecule has 0 aromatic carbocycles. The first-order valence-corrected chi connectivity index (χ1v) is 5.38. The molecule has 1 aliphatic rings. The largest absolute Gasteiger partial charge is 0.337 e. The van der Waals surface area contributed by atoms with Gasteiger partial charge in [0, 0.05) is 18.7 Å². The van der Waals surface area contributed by atoms with Crippen LogP contribution in [-0.2, 0) is 13.1 Å². The Labute approximate surface area is 92.5 Å². The molecule has 0 bridgehead atoms. The van der Waals surface area contributed by atoms with E-state index in [2.05, 4.69) is 15.1 Å². The van der Waals surface area contributed by atoms with Crippen LogP contribution in [0.4, 0.5) is 0 Å². The molecule has 6 nitrogen and oxygen atoms in total. The molecule has 0 radical (unpaired) electrons. The first-order chi connectivity index (χ1) is 7.85. The average Bonchev–Trinajstić information content (AvgIpc) is 2.88. The zero-order valence-corrected chi connectivity index (χ0v) is 8.83. The second-order valence-corrected chi connectivity index (χ2v) is 4.06. The third kappa shape index (κ3) is 1.83. The molecule has 3 rings (SSSR count). The van der Waals surface area contributed by atoms with Crippen LogP contribution in [0.25, 0.3) is 0 Å². The van der Waals surface area contributed by atoms with Gasteiger partial charge in [-0.3, -0.25) is 0 Å². The maximum atomic E-state index is 5.48. The molecule has 1 aliphatic carbocycles. The minimum absolute atomic E-state index is 0.449. The smallest absolute Gasteiger partial charge is 0.246 e. The van der Waals surface area contributed by atoms with E-state index in [9.17, 15) is 0 Å². The highest BCUT2D eigenvalue weighted by molar-refractivity contribution is 5.04. The van der Waals surface area contributed by atoms with Crippen molar-refractivity contribution in [2.45, 2.75) is 31.8 Å². The summed E-state index contributed by atoms with van der Waals surface area (Å²) in [6.07, 6.45) is 5.98. The molecule has 2 N–H and O–H groups in total. The molecule has 6 heteroatoms. The van der Waals surface area contributed by atoms with Gasteiger partial charge in [-0.05, 0) is 12.8 Å². The molecule has 2 aromatic rings. The first kappa shape index (κ1) is 9.53. The summed E-state index contributed by atoms with van der Waals surface area (Å²) in [5, 5.41) is 3.96. The molecule has 0 amide bonds. The summed E-state index contributed by atoms with van der Waals surface area (Å²) in [7, 11) is 0. The highest BCUT2D eigenvalue weighted by atomic mass is 16.5. The second-order valence-electron chi connectivity index (χ2n) is 4.06. The highest BCUT2D eigenvalue weighted by Gasteiger charge is 2.28. The molecule has 0 atom stereocenters. The van der Waals surface area contributed by atoms with Crippen LogP contribution in [0.5, 0.6) is 0 Å². The number of hydrogen-bond donors (Lipinski definition) is 1. The van der Waals surface area contributed by atoms with Gasteiger partial charge >= 0.3 is 0 Å². The van der Waals surface area contributed by atoms with Crippen molar-refractivity contribution >= 4 is 0 Å². The summed E-state index contributed by atoms with van der Waals surface area (Å²) >= 11 is 0. The Balaban J connectivity index is 1.72. The third-order valence-corrected chi connectivity index (χ3v) is 2.64. The van der Waals surface area contributed by atoms with Gasteiger partial charge in [0.05, 0.1) is 12.0 Å². The van der Waals surface area contributed by atoms with Gasteiger partial charge in [-0.25, -0.2) is 4.98 Å². The normalized spacial score (nSPS) is 15.6. The van der Waals surface area contributed by atoms with Crippen molar-refractivity contribution in [2.24, 2.45) is 5.73 Å². The van der Waals surface area contributed by atoms with Crippen LogP contribution in [0.15, 0.2) is 17.0 Å². The number of nitrogens with two attached hydrogens (primary N) is 1. The van der Waals surface area contributed by atoms with Crippen LogP contribution in [0.3, 0.4) is 0 Å². The topological polar surface area (TPSA) is 82.8 Å². The van der Waals surface area contributed by atoms with Crippen molar-refractivity contribution in [1.29, 1.82) is 0 Å². The standard InChI is InChI=1S/C10H13N5O/c11-3-8-4-15(6-12-8)5-9-13-10(14-16-9)7-1-2-7/h4,6-7H,1-3,5,11H2. The van der Waals surface area contributed by atoms with Crippen molar-refractivity contribution in [3.8, 4) is 0 Å². The summed E-state index contributed by atoms with van der Waals surface area (Å²) in [5.41, 5.74) is 6.34. The van der Waals surface area contributed by atoms with Gasteiger partial charge < -0.3 is 14.8 Å². The summed E-state index contributed by atoms with van der Waals surface area (Å²) in [5.74, 6) is 2.00. The Kier molecular flexibility index (Phi) is 2.21. The maximum Gasteiger partial charge on any atom is 0.246 e. The van der Waals surface area contributed by atoms with E-state index >= 15 is 0 Å².